The number of anilines is 1. The summed E-state index contributed by atoms with van der Waals surface area (Å²) >= 11 is 0. The number of carbonyl (C=O) groups excluding carboxylic acids is 1. The summed E-state index contributed by atoms with van der Waals surface area (Å²) in [6.07, 6.45) is -5.13. The molecule has 2 aromatic rings. The summed E-state index contributed by atoms with van der Waals surface area (Å²) < 4.78 is 41.2. The summed E-state index contributed by atoms with van der Waals surface area (Å²) in [7, 11) is 0. The molecule has 0 unspecified atom stereocenters. The number of hydrogen-bond acceptors (Lipinski definition) is 4. The highest BCUT2D eigenvalue weighted by molar-refractivity contribution is 6.02. The lowest BCUT2D eigenvalue weighted by Gasteiger charge is -2.07. The second-order valence-electron chi connectivity index (χ2n) is 3.86. The molecule has 1 aromatic heterocycles. The Morgan fingerprint density at radius 3 is 2.33 bits per heavy atom. The van der Waals surface area contributed by atoms with Gasteiger partial charge in [-0.1, -0.05) is 35.5 Å². The van der Waals surface area contributed by atoms with Crippen molar-refractivity contribution in [3.63, 3.8) is 0 Å². The van der Waals surface area contributed by atoms with Crippen molar-refractivity contribution < 1.29 is 32.4 Å². The van der Waals surface area contributed by atoms with Gasteiger partial charge in [0.05, 0.1) is 5.56 Å². The van der Waals surface area contributed by atoms with Crippen LogP contribution in [0.25, 0.3) is 11.1 Å². The normalized spacial score (nSPS) is 11.2. The highest BCUT2D eigenvalue weighted by atomic mass is 19.4. The Morgan fingerprint density at radius 1 is 1.19 bits per heavy atom. The molecule has 1 aromatic carbocycles. The van der Waals surface area contributed by atoms with Gasteiger partial charge in [0.2, 0.25) is 11.6 Å². The van der Waals surface area contributed by atoms with Gasteiger partial charge in [0, 0.05) is 0 Å². The van der Waals surface area contributed by atoms with Gasteiger partial charge in [-0.05, 0) is 5.56 Å². The van der Waals surface area contributed by atoms with E-state index in [9.17, 15) is 22.8 Å². The molecule has 1 amide bonds. The molecule has 9 heteroatoms. The molecule has 21 heavy (non-hydrogen) atoms. The van der Waals surface area contributed by atoms with Crippen LogP contribution in [0.3, 0.4) is 0 Å². The van der Waals surface area contributed by atoms with Crippen molar-refractivity contribution in [2.75, 3.05) is 5.32 Å². The number of benzene rings is 1. The van der Waals surface area contributed by atoms with E-state index in [0.29, 0.717) is 0 Å². The number of carboxylic acids is 1. The van der Waals surface area contributed by atoms with Crippen LogP contribution in [0.5, 0.6) is 0 Å². The lowest BCUT2D eigenvalue weighted by atomic mass is 10.1. The predicted octanol–water partition coefficient (Wildman–Crippen LogP) is 2.54. The highest BCUT2D eigenvalue weighted by Gasteiger charge is 2.40. The third-order valence-electron chi connectivity index (χ3n) is 2.44. The number of carboxylic acid groups (broad SMARTS) is 1. The number of aromatic carboxylic acids is 1. The molecular weight excluding hydrogens is 293 g/mol. The van der Waals surface area contributed by atoms with E-state index in [-0.39, 0.29) is 11.1 Å². The average Bonchev–Trinajstić information content (AvgIpc) is 2.82. The standard InChI is InChI=1S/C12H7F3N2O4/c13-12(14,15)11(20)16-9-7(6-4-2-1-3-5-6)8(10(18)19)17-21-9/h1-5H,(H,16,20)(H,18,19). The number of rotatable bonds is 3. The van der Waals surface area contributed by atoms with E-state index in [4.69, 9.17) is 5.11 Å². The summed E-state index contributed by atoms with van der Waals surface area (Å²) in [4.78, 5) is 22.0. The van der Waals surface area contributed by atoms with E-state index in [0.717, 1.165) is 0 Å². The maximum Gasteiger partial charge on any atom is 0.471 e. The molecule has 0 atom stereocenters. The van der Waals surface area contributed by atoms with Crippen LogP contribution in [0.1, 0.15) is 10.5 Å². The van der Waals surface area contributed by atoms with Crippen LogP contribution >= 0.6 is 0 Å². The van der Waals surface area contributed by atoms with E-state index in [1.807, 2.05) is 0 Å². The lowest BCUT2D eigenvalue weighted by Crippen LogP contribution is -2.30. The first kappa shape index (κ1) is 14.6. The van der Waals surface area contributed by atoms with Crippen molar-refractivity contribution >= 4 is 17.8 Å². The third kappa shape index (κ3) is 3.02. The Hall–Kier alpha value is -2.84. The fourth-order valence-corrected chi connectivity index (χ4v) is 1.57. The van der Waals surface area contributed by atoms with Crippen molar-refractivity contribution in [2.45, 2.75) is 6.18 Å². The van der Waals surface area contributed by atoms with E-state index in [1.54, 1.807) is 18.2 Å². The first-order valence-corrected chi connectivity index (χ1v) is 5.47. The van der Waals surface area contributed by atoms with Crippen LogP contribution in [-0.2, 0) is 4.79 Å². The second-order valence-corrected chi connectivity index (χ2v) is 3.86. The summed E-state index contributed by atoms with van der Waals surface area (Å²) in [5.41, 5.74) is -0.590. The van der Waals surface area contributed by atoms with Crippen LogP contribution in [-0.4, -0.2) is 28.3 Å². The molecule has 6 nitrogen and oxygen atoms in total. The lowest BCUT2D eigenvalue weighted by molar-refractivity contribution is -0.167. The third-order valence-corrected chi connectivity index (χ3v) is 2.44. The smallest absolute Gasteiger partial charge is 0.471 e. The first-order valence-electron chi connectivity index (χ1n) is 5.47. The van der Waals surface area contributed by atoms with E-state index in [2.05, 4.69) is 9.68 Å². The molecule has 0 saturated heterocycles. The number of nitrogens with zero attached hydrogens (tertiary/aromatic N) is 1. The Labute approximate surface area is 115 Å². The van der Waals surface area contributed by atoms with Gasteiger partial charge < -0.3 is 9.63 Å². The van der Waals surface area contributed by atoms with Gasteiger partial charge in [-0.15, -0.1) is 0 Å². The Balaban J connectivity index is 2.49. The summed E-state index contributed by atoms with van der Waals surface area (Å²) in [5, 5.41) is 13.6. The Morgan fingerprint density at radius 2 is 1.81 bits per heavy atom. The molecule has 0 bridgehead atoms. The molecule has 0 fully saturated rings. The van der Waals surface area contributed by atoms with Crippen LogP contribution in [0.4, 0.5) is 19.1 Å². The van der Waals surface area contributed by atoms with Crippen molar-refractivity contribution in [3.8, 4) is 11.1 Å². The van der Waals surface area contributed by atoms with Crippen molar-refractivity contribution in [1.29, 1.82) is 0 Å². The maximum atomic E-state index is 12.2. The largest absolute Gasteiger partial charge is 0.476 e. The molecule has 0 saturated carbocycles. The van der Waals surface area contributed by atoms with Gasteiger partial charge >= 0.3 is 18.1 Å². The number of halogens is 3. The summed E-state index contributed by atoms with van der Waals surface area (Å²) in [5.74, 6) is -4.46. The quantitative estimate of drug-likeness (QED) is 0.908. The van der Waals surface area contributed by atoms with Crippen molar-refractivity contribution in [2.24, 2.45) is 0 Å². The average molecular weight is 300 g/mol. The fraction of sp³-hybridized carbons (Fsp3) is 0.0833. The molecule has 2 rings (SSSR count). The molecule has 0 aliphatic carbocycles. The maximum absolute atomic E-state index is 12.2. The van der Waals surface area contributed by atoms with Crippen LogP contribution in [0.2, 0.25) is 0 Å². The van der Waals surface area contributed by atoms with Crippen LogP contribution in [0, 0.1) is 0 Å². The minimum Gasteiger partial charge on any atom is -0.476 e. The zero-order valence-corrected chi connectivity index (χ0v) is 10.1. The van der Waals surface area contributed by atoms with Crippen molar-refractivity contribution in [3.05, 3.63) is 36.0 Å². The highest BCUT2D eigenvalue weighted by Crippen LogP contribution is 2.32. The molecular formula is C12H7F3N2O4. The van der Waals surface area contributed by atoms with E-state index >= 15 is 0 Å². The van der Waals surface area contributed by atoms with Gasteiger partial charge in [-0.3, -0.25) is 10.1 Å². The van der Waals surface area contributed by atoms with E-state index < -0.39 is 29.6 Å². The molecule has 2 N–H and O–H groups in total. The predicted molar refractivity (Wildman–Crippen MR) is 63.6 cm³/mol. The summed E-state index contributed by atoms with van der Waals surface area (Å²) in [6, 6.07) is 7.61. The monoisotopic (exact) mass is 300 g/mol. The van der Waals surface area contributed by atoms with Gasteiger partial charge in [0.25, 0.3) is 0 Å². The number of alkyl halides is 3. The minimum atomic E-state index is -5.13. The van der Waals surface area contributed by atoms with Crippen LogP contribution in [0.15, 0.2) is 34.9 Å². The van der Waals surface area contributed by atoms with Crippen molar-refractivity contribution in [1.82, 2.24) is 5.16 Å². The first-order chi connectivity index (χ1) is 9.80. The Kier molecular flexibility index (Phi) is 3.66. The van der Waals surface area contributed by atoms with E-state index in [1.165, 1.54) is 17.4 Å². The summed E-state index contributed by atoms with van der Waals surface area (Å²) in [6.45, 7) is 0. The second kappa shape index (κ2) is 5.27. The van der Waals surface area contributed by atoms with Crippen LogP contribution < -0.4 is 5.32 Å². The molecule has 0 radical (unpaired) electrons. The molecule has 1 heterocycles. The number of hydrogen-bond donors (Lipinski definition) is 2. The zero-order chi connectivity index (χ0) is 15.6. The number of carbonyl (C=O) groups is 2. The zero-order valence-electron chi connectivity index (χ0n) is 10.1. The molecule has 0 aliphatic heterocycles. The number of aromatic nitrogens is 1. The van der Waals surface area contributed by atoms with Gasteiger partial charge in [0.1, 0.15) is 0 Å². The molecule has 110 valence electrons. The SMILES string of the molecule is O=C(O)c1noc(NC(=O)C(F)(F)F)c1-c1ccccc1. The topological polar surface area (TPSA) is 92.4 Å². The number of amides is 1. The number of nitrogens with one attached hydrogen (secondary N) is 1. The molecule has 0 aliphatic rings. The van der Waals surface area contributed by atoms with Gasteiger partial charge in [-0.25, -0.2) is 4.79 Å². The Bertz CT molecular complexity index is 680. The van der Waals surface area contributed by atoms with Gasteiger partial charge in [0.15, 0.2) is 0 Å². The molecule has 0 spiro atoms. The minimum absolute atomic E-state index is 0.235. The fourth-order valence-electron chi connectivity index (χ4n) is 1.57. The van der Waals surface area contributed by atoms with Gasteiger partial charge in [-0.2, -0.15) is 13.2 Å².